The minimum Gasteiger partial charge on any atom is -0.395 e. The summed E-state index contributed by atoms with van der Waals surface area (Å²) in [4.78, 5) is 21.4. The molecule has 1 amide bonds. The van der Waals surface area contributed by atoms with E-state index in [9.17, 15) is 15.0 Å². The van der Waals surface area contributed by atoms with Crippen LogP contribution in [-0.4, -0.2) is 75.3 Å². The SMILES string of the molecule is C[C@H](O)C#Cc1ccc([C@H]2[C@@H](CO)N3CCCCN(C(=O)c4ccncc4)C[C@@H]23)cc1. The molecule has 3 heterocycles. The first-order chi connectivity index (χ1) is 15.1. The molecular weight excluding hydrogens is 390 g/mol. The van der Waals surface area contributed by atoms with E-state index in [2.05, 4.69) is 33.9 Å². The Hall–Kier alpha value is -2.72. The van der Waals surface area contributed by atoms with Crippen LogP contribution in [0.5, 0.6) is 0 Å². The van der Waals surface area contributed by atoms with Crippen molar-refractivity contribution in [3.63, 3.8) is 0 Å². The predicted octanol–water partition coefficient (Wildman–Crippen LogP) is 1.88. The van der Waals surface area contributed by atoms with Gasteiger partial charge in [-0.3, -0.25) is 14.7 Å². The second kappa shape index (κ2) is 9.61. The smallest absolute Gasteiger partial charge is 0.254 e. The highest BCUT2D eigenvalue weighted by atomic mass is 16.3. The molecule has 2 saturated heterocycles. The number of carbonyl (C=O) groups is 1. The second-order valence-electron chi connectivity index (χ2n) is 8.34. The lowest BCUT2D eigenvalue weighted by atomic mass is 9.74. The Kier molecular flexibility index (Phi) is 6.67. The molecule has 4 rings (SSSR count). The van der Waals surface area contributed by atoms with Crippen LogP contribution < -0.4 is 0 Å². The number of nitrogens with zero attached hydrogens (tertiary/aromatic N) is 3. The molecule has 0 radical (unpaired) electrons. The van der Waals surface area contributed by atoms with E-state index in [4.69, 9.17) is 0 Å². The predicted molar refractivity (Wildman–Crippen MR) is 118 cm³/mol. The van der Waals surface area contributed by atoms with Crippen molar-refractivity contribution < 1.29 is 15.0 Å². The molecule has 0 saturated carbocycles. The third kappa shape index (κ3) is 4.64. The molecule has 2 aliphatic heterocycles. The number of aromatic nitrogens is 1. The van der Waals surface area contributed by atoms with Gasteiger partial charge in [-0.1, -0.05) is 24.0 Å². The molecule has 0 spiro atoms. The van der Waals surface area contributed by atoms with Crippen molar-refractivity contribution >= 4 is 5.91 Å². The maximum Gasteiger partial charge on any atom is 0.254 e. The number of benzene rings is 1. The average molecular weight is 420 g/mol. The minimum absolute atomic E-state index is 0.0409. The summed E-state index contributed by atoms with van der Waals surface area (Å²) < 4.78 is 0. The first-order valence-electron chi connectivity index (χ1n) is 10.9. The number of aliphatic hydroxyl groups excluding tert-OH is 2. The van der Waals surface area contributed by atoms with Crippen LogP contribution in [0, 0.1) is 11.8 Å². The van der Waals surface area contributed by atoms with E-state index in [1.165, 1.54) is 0 Å². The Morgan fingerprint density at radius 2 is 1.87 bits per heavy atom. The fraction of sp³-hybridized carbons (Fsp3) is 0.440. The van der Waals surface area contributed by atoms with E-state index in [0.717, 1.165) is 37.1 Å². The zero-order valence-electron chi connectivity index (χ0n) is 17.8. The number of fused-ring (bicyclic) bond motifs is 1. The first kappa shape index (κ1) is 21.5. The number of hydrogen-bond acceptors (Lipinski definition) is 5. The lowest BCUT2D eigenvalue weighted by Crippen LogP contribution is -2.67. The van der Waals surface area contributed by atoms with Gasteiger partial charge in [0.2, 0.25) is 0 Å². The van der Waals surface area contributed by atoms with Gasteiger partial charge in [-0.05, 0) is 56.1 Å². The van der Waals surface area contributed by atoms with Crippen molar-refractivity contribution in [1.29, 1.82) is 0 Å². The molecule has 162 valence electrons. The summed E-state index contributed by atoms with van der Waals surface area (Å²) in [5, 5.41) is 19.5. The number of carbonyl (C=O) groups excluding carboxylic acids is 1. The molecule has 0 bridgehead atoms. The molecule has 31 heavy (non-hydrogen) atoms. The zero-order valence-corrected chi connectivity index (χ0v) is 17.8. The molecule has 0 aliphatic carbocycles. The summed E-state index contributed by atoms with van der Waals surface area (Å²) in [6.07, 6.45) is 4.61. The van der Waals surface area contributed by atoms with Crippen LogP contribution in [0.15, 0.2) is 48.8 Å². The van der Waals surface area contributed by atoms with Crippen LogP contribution in [-0.2, 0) is 0 Å². The van der Waals surface area contributed by atoms with E-state index in [1.54, 1.807) is 31.5 Å². The fourth-order valence-corrected chi connectivity index (χ4v) is 4.78. The van der Waals surface area contributed by atoms with Crippen LogP contribution >= 0.6 is 0 Å². The second-order valence-corrected chi connectivity index (χ2v) is 8.34. The Labute approximate surface area is 183 Å². The highest BCUT2D eigenvalue weighted by Crippen LogP contribution is 2.42. The van der Waals surface area contributed by atoms with Crippen LogP contribution in [0.2, 0.25) is 0 Å². The Bertz CT molecular complexity index is 949. The lowest BCUT2D eigenvalue weighted by molar-refractivity contribution is -0.0606. The summed E-state index contributed by atoms with van der Waals surface area (Å²) in [5.74, 6) is 5.93. The molecule has 6 heteroatoms. The van der Waals surface area contributed by atoms with Crippen molar-refractivity contribution in [1.82, 2.24) is 14.8 Å². The van der Waals surface area contributed by atoms with Crippen molar-refractivity contribution in [2.75, 3.05) is 26.2 Å². The molecule has 2 fully saturated rings. The Morgan fingerprint density at radius 1 is 1.16 bits per heavy atom. The monoisotopic (exact) mass is 419 g/mol. The van der Waals surface area contributed by atoms with Gasteiger partial charge in [0.15, 0.2) is 0 Å². The van der Waals surface area contributed by atoms with Gasteiger partial charge in [0, 0.05) is 54.6 Å². The highest BCUT2D eigenvalue weighted by molar-refractivity contribution is 5.94. The van der Waals surface area contributed by atoms with Crippen molar-refractivity contribution in [3.05, 3.63) is 65.5 Å². The Morgan fingerprint density at radius 3 is 2.55 bits per heavy atom. The maximum atomic E-state index is 13.1. The molecule has 2 N–H and O–H groups in total. The Balaban J connectivity index is 1.56. The maximum absolute atomic E-state index is 13.1. The van der Waals surface area contributed by atoms with Crippen molar-refractivity contribution in [2.45, 2.75) is 43.9 Å². The third-order valence-corrected chi connectivity index (χ3v) is 6.31. The number of pyridine rings is 1. The van der Waals surface area contributed by atoms with Crippen LogP contribution in [0.1, 0.15) is 47.2 Å². The number of rotatable bonds is 3. The van der Waals surface area contributed by atoms with E-state index in [0.29, 0.717) is 12.1 Å². The summed E-state index contributed by atoms with van der Waals surface area (Å²) in [6, 6.07) is 11.8. The van der Waals surface area contributed by atoms with Gasteiger partial charge in [0.05, 0.1) is 6.61 Å². The van der Waals surface area contributed by atoms with Crippen molar-refractivity contribution in [2.24, 2.45) is 0 Å². The highest BCUT2D eigenvalue weighted by Gasteiger charge is 2.49. The normalized spacial score (nSPS) is 24.6. The molecule has 1 aromatic heterocycles. The molecule has 4 atom stereocenters. The van der Waals surface area contributed by atoms with Gasteiger partial charge in [-0.15, -0.1) is 0 Å². The minimum atomic E-state index is -0.655. The lowest BCUT2D eigenvalue weighted by Gasteiger charge is -2.57. The van der Waals surface area contributed by atoms with E-state index >= 15 is 0 Å². The van der Waals surface area contributed by atoms with Gasteiger partial charge < -0.3 is 15.1 Å². The topological polar surface area (TPSA) is 76.9 Å². The van der Waals surface area contributed by atoms with Gasteiger partial charge in [-0.2, -0.15) is 0 Å². The molecule has 2 aromatic rings. The van der Waals surface area contributed by atoms with Gasteiger partial charge >= 0.3 is 0 Å². The largest absolute Gasteiger partial charge is 0.395 e. The average Bonchev–Trinajstić information content (AvgIpc) is 2.77. The van der Waals surface area contributed by atoms with Crippen LogP contribution in [0.25, 0.3) is 0 Å². The quantitative estimate of drug-likeness (QED) is 0.743. The molecular formula is C25H29N3O3. The molecule has 6 nitrogen and oxygen atoms in total. The molecule has 1 aromatic carbocycles. The van der Waals surface area contributed by atoms with Crippen LogP contribution in [0.4, 0.5) is 0 Å². The van der Waals surface area contributed by atoms with Crippen molar-refractivity contribution in [3.8, 4) is 11.8 Å². The standard InChI is InChI=1S/C25H29N3O3/c1-18(30)4-5-19-6-8-20(9-7-19)24-22-16-27(25(31)21-10-12-26-13-11-21)14-2-3-15-28(22)23(24)17-29/h6-13,18,22-24,29-30H,2-3,14-17H2,1H3/t18-,22-,23+,24+/m0/s1. The first-order valence-corrected chi connectivity index (χ1v) is 10.9. The fourth-order valence-electron chi connectivity index (χ4n) is 4.78. The summed E-state index contributed by atoms with van der Waals surface area (Å²) >= 11 is 0. The van der Waals surface area contributed by atoms with Gasteiger partial charge in [0.25, 0.3) is 5.91 Å². The van der Waals surface area contributed by atoms with Crippen LogP contribution in [0.3, 0.4) is 0 Å². The third-order valence-electron chi connectivity index (χ3n) is 6.31. The zero-order chi connectivity index (χ0) is 21.8. The van der Waals surface area contributed by atoms with Gasteiger partial charge in [-0.25, -0.2) is 0 Å². The van der Waals surface area contributed by atoms with E-state index in [1.807, 2.05) is 17.0 Å². The molecule has 0 unspecified atom stereocenters. The van der Waals surface area contributed by atoms with E-state index in [-0.39, 0.29) is 30.5 Å². The summed E-state index contributed by atoms with van der Waals surface area (Å²) in [7, 11) is 0. The summed E-state index contributed by atoms with van der Waals surface area (Å²) in [6.45, 7) is 4.08. The van der Waals surface area contributed by atoms with Gasteiger partial charge in [0.1, 0.15) is 6.10 Å². The summed E-state index contributed by atoms with van der Waals surface area (Å²) in [5.41, 5.74) is 2.67. The number of hydrogen-bond donors (Lipinski definition) is 2. The molecule has 2 aliphatic rings. The number of amides is 1. The number of aliphatic hydroxyl groups is 2. The van der Waals surface area contributed by atoms with E-state index < -0.39 is 6.10 Å².